The van der Waals surface area contributed by atoms with Crippen LogP contribution >= 0.6 is 0 Å². The fourth-order valence-corrected chi connectivity index (χ4v) is 2.48. The van der Waals surface area contributed by atoms with Gasteiger partial charge in [-0.2, -0.15) is 10.5 Å². The normalized spacial score (nSPS) is 10.9. The molecule has 3 rings (SSSR count). The zero-order chi connectivity index (χ0) is 18.0. The molecule has 0 aliphatic rings. The number of rotatable bonds is 2. The molecule has 6 heteroatoms. The van der Waals surface area contributed by atoms with Crippen LogP contribution in [0.1, 0.15) is 37.6 Å². The molecule has 0 unspecified atom stereocenters. The van der Waals surface area contributed by atoms with E-state index in [9.17, 15) is 5.26 Å². The van der Waals surface area contributed by atoms with Crippen molar-refractivity contribution in [3.63, 3.8) is 0 Å². The summed E-state index contributed by atoms with van der Waals surface area (Å²) in [6.45, 7) is 6.36. The summed E-state index contributed by atoms with van der Waals surface area (Å²) in [4.78, 5) is 4.38. The van der Waals surface area contributed by atoms with E-state index >= 15 is 0 Å². The van der Waals surface area contributed by atoms with Crippen LogP contribution in [0, 0.1) is 22.7 Å². The van der Waals surface area contributed by atoms with Gasteiger partial charge >= 0.3 is 0 Å². The quantitative estimate of drug-likeness (QED) is 0.774. The standard InChI is InChI=1S/C19H16N6/c1-19(2,3)15-7-13(16-5-4-12(9-20)11-22-16)6-14(8-15)18-17(10-21)23-25-24-18/h4-8,11H,1-3H3,(H,23,24,25). The Morgan fingerprint density at radius 1 is 1.00 bits per heavy atom. The molecule has 0 amide bonds. The van der Waals surface area contributed by atoms with Crippen LogP contribution in [0.15, 0.2) is 36.5 Å². The third kappa shape index (κ3) is 3.24. The summed E-state index contributed by atoms with van der Waals surface area (Å²) in [6, 6.07) is 13.7. The number of nitrogens with one attached hydrogen (secondary N) is 1. The lowest BCUT2D eigenvalue weighted by Crippen LogP contribution is -2.11. The number of H-pyrrole nitrogens is 1. The minimum absolute atomic E-state index is 0.0894. The van der Waals surface area contributed by atoms with Gasteiger partial charge in [-0.1, -0.05) is 26.0 Å². The Bertz CT molecular complexity index is 994. The van der Waals surface area contributed by atoms with Crippen molar-refractivity contribution in [3.8, 4) is 34.7 Å². The Kier molecular flexibility index (Phi) is 4.04. The van der Waals surface area contributed by atoms with E-state index < -0.39 is 0 Å². The van der Waals surface area contributed by atoms with E-state index in [0.29, 0.717) is 17.0 Å². The van der Waals surface area contributed by atoms with Crippen LogP contribution < -0.4 is 0 Å². The molecule has 25 heavy (non-hydrogen) atoms. The van der Waals surface area contributed by atoms with Crippen LogP contribution in [-0.4, -0.2) is 20.4 Å². The number of pyridine rings is 1. The number of aromatic nitrogens is 4. The Morgan fingerprint density at radius 2 is 1.76 bits per heavy atom. The predicted molar refractivity (Wildman–Crippen MR) is 93.2 cm³/mol. The third-order valence-electron chi connectivity index (χ3n) is 3.92. The number of hydrogen-bond donors (Lipinski definition) is 1. The summed E-state index contributed by atoms with van der Waals surface area (Å²) in [5, 5.41) is 28.6. The van der Waals surface area contributed by atoms with Crippen LogP contribution in [0.25, 0.3) is 22.5 Å². The van der Waals surface area contributed by atoms with Crippen molar-refractivity contribution in [2.45, 2.75) is 26.2 Å². The maximum atomic E-state index is 9.24. The maximum absolute atomic E-state index is 9.24. The summed E-state index contributed by atoms with van der Waals surface area (Å²) in [5.41, 5.74) is 4.82. The fourth-order valence-electron chi connectivity index (χ4n) is 2.48. The molecule has 0 fully saturated rings. The summed E-state index contributed by atoms with van der Waals surface area (Å²) >= 11 is 0. The second kappa shape index (κ2) is 6.18. The molecule has 0 saturated heterocycles. The fraction of sp³-hybridized carbons (Fsp3) is 0.211. The van der Waals surface area contributed by atoms with Crippen LogP contribution in [0.5, 0.6) is 0 Å². The topological polar surface area (TPSA) is 102 Å². The number of nitrogens with zero attached hydrogens (tertiary/aromatic N) is 5. The van der Waals surface area contributed by atoms with E-state index in [4.69, 9.17) is 5.26 Å². The largest absolute Gasteiger partial charge is 0.255 e. The molecule has 0 spiro atoms. The number of nitriles is 2. The van der Waals surface area contributed by atoms with E-state index in [-0.39, 0.29) is 5.41 Å². The van der Waals surface area contributed by atoms with Crippen molar-refractivity contribution in [2.24, 2.45) is 0 Å². The Labute approximate surface area is 145 Å². The Morgan fingerprint density at radius 3 is 2.36 bits per heavy atom. The molecule has 0 atom stereocenters. The van der Waals surface area contributed by atoms with E-state index in [1.807, 2.05) is 18.2 Å². The van der Waals surface area contributed by atoms with E-state index in [1.54, 1.807) is 12.3 Å². The first-order valence-electron chi connectivity index (χ1n) is 7.76. The second-order valence-corrected chi connectivity index (χ2v) is 6.74. The Hall–Kier alpha value is -3.51. The van der Waals surface area contributed by atoms with Gasteiger partial charge in [-0.15, -0.1) is 5.10 Å². The van der Waals surface area contributed by atoms with Crippen LogP contribution in [-0.2, 0) is 5.41 Å². The number of hydrogen-bond acceptors (Lipinski definition) is 5. The highest BCUT2D eigenvalue weighted by atomic mass is 15.3. The molecule has 1 N–H and O–H groups in total. The monoisotopic (exact) mass is 328 g/mol. The molecule has 1 aromatic carbocycles. The van der Waals surface area contributed by atoms with Crippen molar-refractivity contribution >= 4 is 0 Å². The number of aromatic amines is 1. The molecule has 6 nitrogen and oxygen atoms in total. The van der Waals surface area contributed by atoms with Crippen molar-refractivity contribution in [2.75, 3.05) is 0 Å². The summed E-state index contributed by atoms with van der Waals surface area (Å²) in [5.74, 6) is 0. The lowest BCUT2D eigenvalue weighted by atomic mass is 9.84. The van der Waals surface area contributed by atoms with Gasteiger partial charge in [0.1, 0.15) is 17.8 Å². The van der Waals surface area contributed by atoms with E-state index in [1.165, 1.54) is 0 Å². The Balaban J connectivity index is 2.20. The first-order chi connectivity index (χ1) is 11.9. The molecule has 0 bridgehead atoms. The van der Waals surface area contributed by atoms with Crippen molar-refractivity contribution in [1.82, 2.24) is 20.4 Å². The van der Waals surface area contributed by atoms with Crippen molar-refractivity contribution in [3.05, 3.63) is 53.3 Å². The highest BCUT2D eigenvalue weighted by Gasteiger charge is 2.19. The molecule has 2 heterocycles. The minimum atomic E-state index is -0.0894. The molecule has 0 saturated carbocycles. The van der Waals surface area contributed by atoms with Crippen molar-refractivity contribution in [1.29, 1.82) is 10.5 Å². The molecular formula is C19H16N6. The number of benzene rings is 1. The third-order valence-corrected chi connectivity index (χ3v) is 3.92. The van der Waals surface area contributed by atoms with Crippen LogP contribution in [0.2, 0.25) is 0 Å². The average molecular weight is 328 g/mol. The lowest BCUT2D eigenvalue weighted by Gasteiger charge is -2.21. The van der Waals surface area contributed by atoms with Gasteiger partial charge in [-0.25, -0.2) is 5.10 Å². The predicted octanol–water partition coefficient (Wildman–Crippen LogP) is 3.57. The first kappa shape index (κ1) is 16.4. The van der Waals surface area contributed by atoms with Crippen molar-refractivity contribution < 1.29 is 0 Å². The zero-order valence-corrected chi connectivity index (χ0v) is 14.2. The SMILES string of the molecule is CC(C)(C)c1cc(-c2ccc(C#N)cn2)cc(-c2nn[nH]c2C#N)c1. The van der Waals surface area contributed by atoms with Crippen LogP contribution in [0.4, 0.5) is 0 Å². The molecule has 0 radical (unpaired) electrons. The van der Waals surface area contributed by atoms with E-state index in [2.05, 4.69) is 59.4 Å². The molecular weight excluding hydrogens is 312 g/mol. The molecule has 0 aliphatic heterocycles. The van der Waals surface area contributed by atoms with Gasteiger partial charge < -0.3 is 0 Å². The molecule has 122 valence electrons. The van der Waals surface area contributed by atoms with Gasteiger partial charge in [0.05, 0.1) is 11.3 Å². The highest BCUT2D eigenvalue weighted by molar-refractivity contribution is 5.73. The van der Waals surface area contributed by atoms with Gasteiger partial charge in [0.25, 0.3) is 0 Å². The van der Waals surface area contributed by atoms with Gasteiger partial charge in [-0.05, 0) is 41.3 Å². The van der Waals surface area contributed by atoms with Gasteiger partial charge in [0, 0.05) is 17.3 Å². The maximum Gasteiger partial charge on any atom is 0.163 e. The summed E-state index contributed by atoms with van der Waals surface area (Å²) in [6.07, 6.45) is 1.55. The van der Waals surface area contributed by atoms with Gasteiger partial charge in [0.2, 0.25) is 0 Å². The van der Waals surface area contributed by atoms with E-state index in [0.717, 1.165) is 22.4 Å². The van der Waals surface area contributed by atoms with Crippen LogP contribution in [0.3, 0.4) is 0 Å². The molecule has 2 aromatic heterocycles. The smallest absolute Gasteiger partial charge is 0.163 e. The average Bonchev–Trinajstić information content (AvgIpc) is 3.09. The second-order valence-electron chi connectivity index (χ2n) is 6.74. The van der Waals surface area contributed by atoms with Gasteiger partial charge in [0.15, 0.2) is 5.69 Å². The molecule has 3 aromatic rings. The molecule has 0 aliphatic carbocycles. The minimum Gasteiger partial charge on any atom is -0.255 e. The highest BCUT2D eigenvalue weighted by Crippen LogP contribution is 2.32. The first-order valence-corrected chi connectivity index (χ1v) is 7.76. The van der Waals surface area contributed by atoms with Gasteiger partial charge in [-0.3, -0.25) is 4.98 Å². The summed E-state index contributed by atoms with van der Waals surface area (Å²) < 4.78 is 0. The zero-order valence-electron chi connectivity index (χ0n) is 14.2. The lowest BCUT2D eigenvalue weighted by molar-refractivity contribution is 0.590. The summed E-state index contributed by atoms with van der Waals surface area (Å²) in [7, 11) is 0.